The molecule has 1 aromatic heterocycles. The first kappa shape index (κ1) is 22.1. The highest BCUT2D eigenvalue weighted by Gasteiger charge is 2.23. The molecular weight excluding hydrogens is 422 g/mol. The van der Waals surface area contributed by atoms with Gasteiger partial charge in [0.05, 0.1) is 27.0 Å². The molecule has 8 nitrogen and oxygen atoms in total. The lowest BCUT2D eigenvalue weighted by atomic mass is 10.1. The van der Waals surface area contributed by atoms with Crippen molar-refractivity contribution in [3.8, 4) is 28.5 Å². The van der Waals surface area contributed by atoms with E-state index in [0.29, 0.717) is 45.8 Å². The molecule has 2 N–H and O–H groups in total. The van der Waals surface area contributed by atoms with Crippen LogP contribution in [0.4, 0.5) is 5.69 Å². The third kappa shape index (κ3) is 5.06. The summed E-state index contributed by atoms with van der Waals surface area (Å²) in [7, 11) is 4.54. The summed E-state index contributed by atoms with van der Waals surface area (Å²) < 4.78 is 16.0. The van der Waals surface area contributed by atoms with E-state index in [0.717, 1.165) is 18.4 Å². The Kier molecular flexibility index (Phi) is 6.44. The largest absolute Gasteiger partial charge is 0.493 e. The number of nitrogens with one attached hydrogen (secondary N) is 2. The summed E-state index contributed by atoms with van der Waals surface area (Å²) in [6.07, 6.45) is 3.66. The smallest absolute Gasteiger partial charge is 0.255 e. The molecule has 2 amide bonds. The van der Waals surface area contributed by atoms with Crippen LogP contribution in [0.5, 0.6) is 17.2 Å². The zero-order valence-corrected chi connectivity index (χ0v) is 18.7. The van der Waals surface area contributed by atoms with Crippen LogP contribution in [0.2, 0.25) is 0 Å². The van der Waals surface area contributed by atoms with Gasteiger partial charge in [0.1, 0.15) is 0 Å². The second-order valence-electron chi connectivity index (χ2n) is 7.62. The van der Waals surface area contributed by atoms with Gasteiger partial charge in [0.15, 0.2) is 11.5 Å². The molecule has 0 unspecified atom stereocenters. The molecule has 2 aromatic carbocycles. The van der Waals surface area contributed by atoms with E-state index in [2.05, 4.69) is 15.6 Å². The van der Waals surface area contributed by atoms with Crippen molar-refractivity contribution in [2.45, 2.75) is 18.9 Å². The molecule has 33 heavy (non-hydrogen) atoms. The number of rotatable bonds is 8. The third-order valence-electron chi connectivity index (χ3n) is 5.30. The number of hydrogen-bond donors (Lipinski definition) is 2. The fourth-order valence-electron chi connectivity index (χ4n) is 3.37. The molecule has 0 aliphatic heterocycles. The minimum atomic E-state index is -0.312. The predicted octanol–water partition coefficient (Wildman–Crippen LogP) is 3.92. The number of hydrogen-bond acceptors (Lipinski definition) is 6. The fourth-order valence-corrected chi connectivity index (χ4v) is 3.37. The maximum absolute atomic E-state index is 12.9. The maximum atomic E-state index is 12.9. The average molecular weight is 447 g/mol. The molecule has 1 fully saturated rings. The molecule has 170 valence electrons. The van der Waals surface area contributed by atoms with Gasteiger partial charge in [0, 0.05) is 46.7 Å². The molecule has 4 rings (SSSR count). The molecule has 0 spiro atoms. The lowest BCUT2D eigenvalue weighted by Gasteiger charge is -2.14. The van der Waals surface area contributed by atoms with E-state index in [4.69, 9.17) is 14.2 Å². The van der Waals surface area contributed by atoms with Crippen LogP contribution in [0.25, 0.3) is 11.3 Å². The molecule has 1 saturated carbocycles. The normalized spacial score (nSPS) is 12.6. The Balaban J connectivity index is 1.52. The molecule has 8 heteroatoms. The van der Waals surface area contributed by atoms with E-state index in [1.54, 1.807) is 42.6 Å². The molecule has 0 atom stereocenters. The second kappa shape index (κ2) is 9.60. The molecule has 0 saturated heterocycles. The van der Waals surface area contributed by atoms with Crippen LogP contribution in [-0.4, -0.2) is 44.2 Å². The average Bonchev–Trinajstić information content (AvgIpc) is 3.67. The Bertz CT molecular complexity index is 1150. The van der Waals surface area contributed by atoms with Crippen molar-refractivity contribution in [2.24, 2.45) is 0 Å². The number of nitrogens with zero attached hydrogens (tertiary/aromatic N) is 1. The van der Waals surface area contributed by atoms with Crippen LogP contribution < -0.4 is 24.8 Å². The first-order chi connectivity index (χ1) is 16.0. The van der Waals surface area contributed by atoms with Crippen molar-refractivity contribution >= 4 is 17.5 Å². The number of carbonyl (C=O) groups excluding carboxylic acids is 2. The van der Waals surface area contributed by atoms with E-state index in [9.17, 15) is 9.59 Å². The molecule has 3 aromatic rings. The summed E-state index contributed by atoms with van der Waals surface area (Å²) in [6.45, 7) is 0. The van der Waals surface area contributed by atoms with Gasteiger partial charge in [-0.1, -0.05) is 12.1 Å². The lowest BCUT2D eigenvalue weighted by Crippen LogP contribution is -2.25. The second-order valence-corrected chi connectivity index (χ2v) is 7.62. The Morgan fingerprint density at radius 2 is 1.52 bits per heavy atom. The number of pyridine rings is 1. The van der Waals surface area contributed by atoms with Gasteiger partial charge in [-0.15, -0.1) is 0 Å². The van der Waals surface area contributed by atoms with Crippen molar-refractivity contribution in [1.29, 1.82) is 0 Å². The van der Waals surface area contributed by atoms with Crippen LogP contribution in [0.1, 0.15) is 33.6 Å². The zero-order valence-electron chi connectivity index (χ0n) is 18.7. The van der Waals surface area contributed by atoms with E-state index >= 15 is 0 Å². The highest BCUT2D eigenvalue weighted by molar-refractivity contribution is 6.05. The number of amides is 2. The monoisotopic (exact) mass is 447 g/mol. The Hall–Kier alpha value is -4.07. The zero-order chi connectivity index (χ0) is 23.4. The summed E-state index contributed by atoms with van der Waals surface area (Å²) in [6, 6.07) is 14.1. The van der Waals surface area contributed by atoms with Gasteiger partial charge in [0.2, 0.25) is 5.75 Å². The molecule has 1 aliphatic carbocycles. The molecule has 1 heterocycles. The Morgan fingerprint density at radius 1 is 0.848 bits per heavy atom. The predicted molar refractivity (Wildman–Crippen MR) is 124 cm³/mol. The van der Waals surface area contributed by atoms with Gasteiger partial charge < -0.3 is 24.8 Å². The molecule has 0 radical (unpaired) electrons. The standard InChI is InChI=1S/C25H25N3O5/c1-31-21-13-19(14-22(32-2)23(21)33-3)28-25(30)17-10-11-26-20(12-17)15-4-6-16(7-5-15)24(29)27-18-8-9-18/h4-7,10-14,18H,8-9H2,1-3H3,(H,27,29)(H,28,30). The van der Waals surface area contributed by atoms with Crippen LogP contribution in [0.15, 0.2) is 54.7 Å². The number of aromatic nitrogens is 1. The van der Waals surface area contributed by atoms with Crippen molar-refractivity contribution in [3.05, 3.63) is 65.9 Å². The molecule has 1 aliphatic rings. The number of ether oxygens (including phenoxy) is 3. The fraction of sp³-hybridized carbons (Fsp3) is 0.240. The van der Waals surface area contributed by atoms with Gasteiger partial charge >= 0.3 is 0 Å². The van der Waals surface area contributed by atoms with Crippen LogP contribution in [0, 0.1) is 0 Å². The van der Waals surface area contributed by atoms with Crippen molar-refractivity contribution in [2.75, 3.05) is 26.6 Å². The SMILES string of the molecule is COc1cc(NC(=O)c2ccnc(-c3ccc(C(=O)NC4CC4)cc3)c2)cc(OC)c1OC. The van der Waals surface area contributed by atoms with Gasteiger partial charge in [-0.2, -0.15) is 0 Å². The van der Waals surface area contributed by atoms with Gasteiger partial charge in [0.25, 0.3) is 11.8 Å². The van der Waals surface area contributed by atoms with Gasteiger partial charge in [-0.05, 0) is 37.1 Å². The maximum Gasteiger partial charge on any atom is 0.255 e. The molecule has 0 bridgehead atoms. The Morgan fingerprint density at radius 3 is 2.09 bits per heavy atom. The first-order valence-corrected chi connectivity index (χ1v) is 10.5. The minimum absolute atomic E-state index is 0.0736. The summed E-state index contributed by atoms with van der Waals surface area (Å²) in [5.41, 5.74) is 2.97. The van der Waals surface area contributed by atoms with E-state index < -0.39 is 0 Å². The number of methoxy groups -OCH3 is 3. The minimum Gasteiger partial charge on any atom is -0.493 e. The van der Waals surface area contributed by atoms with E-state index in [-0.39, 0.29) is 11.8 Å². The summed E-state index contributed by atoms with van der Waals surface area (Å²) in [5, 5.41) is 5.82. The van der Waals surface area contributed by atoms with Crippen molar-refractivity contribution in [3.63, 3.8) is 0 Å². The van der Waals surface area contributed by atoms with Gasteiger partial charge in [-0.25, -0.2) is 0 Å². The van der Waals surface area contributed by atoms with Crippen LogP contribution in [-0.2, 0) is 0 Å². The quantitative estimate of drug-likeness (QED) is 0.543. The molecular formula is C25H25N3O5. The van der Waals surface area contributed by atoms with Crippen LogP contribution >= 0.6 is 0 Å². The number of anilines is 1. The van der Waals surface area contributed by atoms with E-state index in [1.807, 2.05) is 12.1 Å². The van der Waals surface area contributed by atoms with Crippen LogP contribution in [0.3, 0.4) is 0 Å². The van der Waals surface area contributed by atoms with Crippen molar-refractivity contribution in [1.82, 2.24) is 10.3 Å². The summed E-state index contributed by atoms with van der Waals surface area (Å²) >= 11 is 0. The summed E-state index contributed by atoms with van der Waals surface area (Å²) in [4.78, 5) is 29.5. The van der Waals surface area contributed by atoms with Gasteiger partial charge in [-0.3, -0.25) is 14.6 Å². The number of benzene rings is 2. The first-order valence-electron chi connectivity index (χ1n) is 10.5. The summed E-state index contributed by atoms with van der Waals surface area (Å²) in [5.74, 6) is 0.934. The number of carbonyl (C=O) groups is 2. The topological polar surface area (TPSA) is 98.8 Å². The van der Waals surface area contributed by atoms with E-state index in [1.165, 1.54) is 21.3 Å². The van der Waals surface area contributed by atoms with Crippen molar-refractivity contribution < 1.29 is 23.8 Å². The lowest BCUT2D eigenvalue weighted by molar-refractivity contribution is 0.0950. The highest BCUT2D eigenvalue weighted by atomic mass is 16.5. The Labute approximate surface area is 191 Å². The highest BCUT2D eigenvalue weighted by Crippen LogP contribution is 2.40. The third-order valence-corrected chi connectivity index (χ3v) is 5.30.